The van der Waals surface area contributed by atoms with Crippen LogP contribution in [0.1, 0.15) is 35.0 Å². The van der Waals surface area contributed by atoms with E-state index in [-0.39, 0.29) is 11.8 Å². The number of carbonyl (C=O) groups is 2. The smallest absolute Gasteiger partial charge is 0.251 e. The number of aromatic nitrogens is 4. The summed E-state index contributed by atoms with van der Waals surface area (Å²) in [5.74, 6) is -0.372. The third-order valence-corrected chi connectivity index (χ3v) is 7.30. The fraction of sp³-hybridized carbons (Fsp3) is 0.269. The van der Waals surface area contributed by atoms with Crippen molar-refractivity contribution in [2.75, 3.05) is 25.6 Å². The molecule has 3 heterocycles. The Balaban J connectivity index is 1.58. The van der Waals surface area contributed by atoms with Crippen LogP contribution >= 0.6 is 22.9 Å². The van der Waals surface area contributed by atoms with Gasteiger partial charge in [0, 0.05) is 56.3 Å². The highest BCUT2D eigenvalue weighted by Gasteiger charge is 2.30. The van der Waals surface area contributed by atoms with E-state index in [1.807, 2.05) is 16.8 Å². The van der Waals surface area contributed by atoms with E-state index >= 15 is 0 Å². The highest BCUT2D eigenvalue weighted by atomic mass is 35.5. The highest BCUT2D eigenvalue weighted by molar-refractivity contribution is 7.19. The molecule has 0 unspecified atom stereocenters. The van der Waals surface area contributed by atoms with Gasteiger partial charge in [-0.05, 0) is 49.6 Å². The molecule has 0 saturated heterocycles. The van der Waals surface area contributed by atoms with E-state index in [9.17, 15) is 9.59 Å². The van der Waals surface area contributed by atoms with Crippen LogP contribution in [0.5, 0.6) is 0 Å². The number of nitrogens with one attached hydrogen (secondary N) is 2. The second kappa shape index (κ2) is 10.8. The van der Waals surface area contributed by atoms with Gasteiger partial charge in [0.2, 0.25) is 5.91 Å². The maximum absolute atomic E-state index is 12.6. The number of thiazole rings is 1. The number of anilines is 1. The van der Waals surface area contributed by atoms with Gasteiger partial charge < -0.3 is 15.4 Å². The van der Waals surface area contributed by atoms with Gasteiger partial charge in [0.05, 0.1) is 32.7 Å². The van der Waals surface area contributed by atoms with Gasteiger partial charge in [0.15, 0.2) is 5.13 Å². The standard InChI is InChI=1S/C26H25ClN6O3S/c1-15(34)30-26-31-20-8-7-18-22(17-5-3-10-28-14-17)32-33(23(18)24(20)37-26)21-9-6-16(13-19(21)27)25(35)29-11-4-12-36-2/h3,5-6,9-10,13-14H,4,7-8,11-12H2,1-2H3,(H,29,35)(H,30,31,34). The quantitative estimate of drug-likeness (QED) is 0.320. The second-order valence-corrected chi connectivity index (χ2v) is 9.98. The molecule has 2 N–H and O–H groups in total. The predicted molar refractivity (Wildman–Crippen MR) is 143 cm³/mol. The Bertz CT molecular complexity index is 1470. The second-order valence-electron chi connectivity index (χ2n) is 8.57. The van der Waals surface area contributed by atoms with Crippen LogP contribution in [0.3, 0.4) is 0 Å². The summed E-state index contributed by atoms with van der Waals surface area (Å²) in [4.78, 5) is 34.1. The van der Waals surface area contributed by atoms with Crippen LogP contribution in [0, 0.1) is 0 Å². The molecule has 9 nitrogen and oxygen atoms in total. The van der Waals surface area contributed by atoms with Gasteiger partial charge in [0.1, 0.15) is 0 Å². The van der Waals surface area contributed by atoms with E-state index in [1.165, 1.54) is 18.3 Å². The first-order valence-electron chi connectivity index (χ1n) is 11.8. The van der Waals surface area contributed by atoms with Gasteiger partial charge >= 0.3 is 0 Å². The molecule has 37 heavy (non-hydrogen) atoms. The number of amides is 2. The van der Waals surface area contributed by atoms with Crippen molar-refractivity contribution in [3.05, 3.63) is 64.6 Å². The largest absolute Gasteiger partial charge is 0.385 e. The molecule has 3 aromatic heterocycles. The lowest BCUT2D eigenvalue weighted by atomic mass is 9.95. The number of pyridine rings is 1. The average Bonchev–Trinajstić information content (AvgIpc) is 3.47. The Kier molecular flexibility index (Phi) is 7.31. The van der Waals surface area contributed by atoms with Crippen LogP contribution < -0.4 is 10.6 Å². The first-order valence-corrected chi connectivity index (χ1v) is 13.0. The molecule has 0 spiro atoms. The Morgan fingerprint density at radius 2 is 2.11 bits per heavy atom. The summed E-state index contributed by atoms with van der Waals surface area (Å²) in [6.45, 7) is 2.55. The minimum absolute atomic E-state index is 0.171. The zero-order chi connectivity index (χ0) is 25.9. The van der Waals surface area contributed by atoms with Gasteiger partial charge in [-0.15, -0.1) is 0 Å². The van der Waals surface area contributed by atoms with Gasteiger partial charge in [-0.25, -0.2) is 9.67 Å². The third-order valence-electron chi connectivity index (χ3n) is 5.97. The fourth-order valence-electron chi connectivity index (χ4n) is 4.32. The molecule has 1 aliphatic rings. The zero-order valence-corrected chi connectivity index (χ0v) is 21.9. The van der Waals surface area contributed by atoms with Crippen molar-refractivity contribution in [1.82, 2.24) is 25.1 Å². The van der Waals surface area contributed by atoms with Crippen molar-refractivity contribution < 1.29 is 14.3 Å². The van der Waals surface area contributed by atoms with Crippen molar-refractivity contribution in [3.8, 4) is 27.5 Å². The molecular weight excluding hydrogens is 512 g/mol. The maximum atomic E-state index is 12.6. The number of hydrogen-bond donors (Lipinski definition) is 2. The summed E-state index contributed by atoms with van der Waals surface area (Å²) in [7, 11) is 1.63. The Morgan fingerprint density at radius 3 is 2.84 bits per heavy atom. The number of rotatable bonds is 8. The molecule has 1 aromatic carbocycles. The molecule has 0 bridgehead atoms. The van der Waals surface area contributed by atoms with E-state index in [0.29, 0.717) is 34.6 Å². The number of halogens is 1. The Morgan fingerprint density at radius 1 is 1.24 bits per heavy atom. The summed E-state index contributed by atoms with van der Waals surface area (Å²) in [5.41, 5.74) is 5.68. The molecule has 0 radical (unpaired) electrons. The van der Waals surface area contributed by atoms with E-state index < -0.39 is 0 Å². The molecule has 2 amide bonds. The lowest BCUT2D eigenvalue weighted by molar-refractivity contribution is -0.114. The van der Waals surface area contributed by atoms with Crippen molar-refractivity contribution >= 4 is 39.9 Å². The minimum atomic E-state index is -0.201. The number of methoxy groups -OCH3 is 1. The van der Waals surface area contributed by atoms with Crippen LogP contribution in [0.2, 0.25) is 5.02 Å². The first kappa shape index (κ1) is 25.1. The molecule has 4 aromatic rings. The molecule has 0 aliphatic heterocycles. The number of fused-ring (bicyclic) bond motifs is 3. The molecular formula is C26H25ClN6O3S. The zero-order valence-electron chi connectivity index (χ0n) is 20.4. The van der Waals surface area contributed by atoms with Gasteiger partial charge in [-0.3, -0.25) is 14.6 Å². The number of aryl methyl sites for hydroxylation is 1. The van der Waals surface area contributed by atoms with E-state index in [1.54, 1.807) is 37.7 Å². The predicted octanol–water partition coefficient (Wildman–Crippen LogP) is 4.53. The van der Waals surface area contributed by atoms with Gasteiger partial charge in [0.25, 0.3) is 5.91 Å². The maximum Gasteiger partial charge on any atom is 0.251 e. The number of nitrogens with zero attached hydrogens (tertiary/aromatic N) is 4. The van der Waals surface area contributed by atoms with E-state index in [2.05, 4.69) is 20.6 Å². The van der Waals surface area contributed by atoms with Crippen LogP contribution in [-0.4, -0.2) is 51.8 Å². The minimum Gasteiger partial charge on any atom is -0.385 e. The summed E-state index contributed by atoms with van der Waals surface area (Å²) in [5, 5.41) is 11.6. The van der Waals surface area contributed by atoms with Crippen molar-refractivity contribution in [3.63, 3.8) is 0 Å². The summed E-state index contributed by atoms with van der Waals surface area (Å²) in [6.07, 6.45) is 5.70. The topological polar surface area (TPSA) is 111 Å². The van der Waals surface area contributed by atoms with Crippen LogP contribution in [0.4, 0.5) is 5.13 Å². The SMILES string of the molecule is COCCCNC(=O)c1ccc(-n2nc(-c3cccnc3)c3c2-c2sc(NC(C)=O)nc2CC3)c(Cl)c1. The number of carbonyl (C=O) groups excluding carboxylic acids is 2. The lowest BCUT2D eigenvalue weighted by Gasteiger charge is -2.15. The van der Waals surface area contributed by atoms with E-state index in [0.717, 1.165) is 52.3 Å². The molecule has 190 valence electrons. The third kappa shape index (κ3) is 5.13. The van der Waals surface area contributed by atoms with Crippen LogP contribution in [0.15, 0.2) is 42.7 Å². The number of hydrogen-bond acceptors (Lipinski definition) is 7. The monoisotopic (exact) mass is 536 g/mol. The number of benzene rings is 1. The van der Waals surface area contributed by atoms with Gasteiger partial charge in [-0.1, -0.05) is 22.9 Å². The Hall–Kier alpha value is -3.60. The summed E-state index contributed by atoms with van der Waals surface area (Å²) < 4.78 is 6.84. The summed E-state index contributed by atoms with van der Waals surface area (Å²) in [6, 6.07) is 9.05. The molecule has 0 saturated carbocycles. The van der Waals surface area contributed by atoms with Crippen LogP contribution in [-0.2, 0) is 22.4 Å². The normalized spacial score (nSPS) is 12.1. The van der Waals surface area contributed by atoms with E-state index in [4.69, 9.17) is 21.4 Å². The molecule has 0 fully saturated rings. The first-order chi connectivity index (χ1) is 18.0. The van der Waals surface area contributed by atoms with Crippen molar-refractivity contribution in [2.45, 2.75) is 26.2 Å². The van der Waals surface area contributed by atoms with Crippen molar-refractivity contribution in [2.24, 2.45) is 0 Å². The molecule has 0 atom stereocenters. The Labute approximate surface area is 222 Å². The lowest BCUT2D eigenvalue weighted by Crippen LogP contribution is -2.25. The molecule has 11 heteroatoms. The van der Waals surface area contributed by atoms with Gasteiger partial charge in [-0.2, -0.15) is 5.10 Å². The summed E-state index contributed by atoms with van der Waals surface area (Å²) >= 11 is 8.16. The highest BCUT2D eigenvalue weighted by Crippen LogP contribution is 2.44. The number of ether oxygens (including phenoxy) is 1. The van der Waals surface area contributed by atoms with Crippen LogP contribution in [0.25, 0.3) is 27.5 Å². The molecule has 5 rings (SSSR count). The van der Waals surface area contributed by atoms with Crippen molar-refractivity contribution in [1.29, 1.82) is 0 Å². The molecule has 1 aliphatic carbocycles. The fourth-order valence-corrected chi connectivity index (χ4v) is 5.70. The average molecular weight is 537 g/mol.